The maximum atomic E-state index is 11.6. The minimum atomic E-state index is -0.982. The van der Waals surface area contributed by atoms with Crippen LogP contribution in [0.1, 0.15) is 6.42 Å². The molecule has 1 aromatic rings. The van der Waals surface area contributed by atoms with Crippen LogP contribution in [0.25, 0.3) is 0 Å². The lowest BCUT2D eigenvalue weighted by Crippen LogP contribution is -2.30. The molecule has 0 bridgehead atoms. The van der Waals surface area contributed by atoms with Gasteiger partial charge < -0.3 is 15.2 Å². The molecular formula is C11H11NO4S. The molecule has 2 N–H and O–H groups in total. The van der Waals surface area contributed by atoms with Gasteiger partial charge in [0.15, 0.2) is 0 Å². The number of carbonyl (C=O) groups excluding carboxylic acids is 1. The van der Waals surface area contributed by atoms with Gasteiger partial charge in [-0.2, -0.15) is 0 Å². The quantitative estimate of drug-likeness (QED) is 0.855. The maximum absolute atomic E-state index is 11.6. The van der Waals surface area contributed by atoms with Gasteiger partial charge in [-0.3, -0.25) is 9.59 Å². The summed E-state index contributed by atoms with van der Waals surface area (Å²) < 4.78 is 5.08. The Balaban J connectivity index is 2.25. The number of hydrogen-bond donors (Lipinski definition) is 2. The van der Waals surface area contributed by atoms with E-state index in [1.165, 1.54) is 11.8 Å². The number of anilines is 1. The van der Waals surface area contributed by atoms with E-state index < -0.39 is 11.2 Å². The molecule has 6 heteroatoms. The monoisotopic (exact) mass is 253 g/mol. The highest BCUT2D eigenvalue weighted by atomic mass is 32.2. The second-order valence-corrected chi connectivity index (χ2v) is 4.80. The number of hydrogen-bond acceptors (Lipinski definition) is 4. The van der Waals surface area contributed by atoms with E-state index in [4.69, 9.17) is 9.84 Å². The van der Waals surface area contributed by atoms with Crippen LogP contribution < -0.4 is 10.1 Å². The Kier molecular flexibility index (Phi) is 3.23. The predicted octanol–water partition coefficient (Wildman–Crippen LogP) is 1.58. The molecule has 90 valence electrons. The van der Waals surface area contributed by atoms with E-state index in [9.17, 15) is 9.59 Å². The predicted molar refractivity (Wildman–Crippen MR) is 63.5 cm³/mol. The maximum Gasteiger partial charge on any atom is 0.305 e. The van der Waals surface area contributed by atoms with Crippen LogP contribution in [0.5, 0.6) is 5.75 Å². The van der Waals surface area contributed by atoms with Crippen LogP contribution in [0.2, 0.25) is 0 Å². The van der Waals surface area contributed by atoms with Crippen molar-refractivity contribution in [3.8, 4) is 5.75 Å². The molecule has 0 radical (unpaired) electrons. The van der Waals surface area contributed by atoms with Gasteiger partial charge in [0.25, 0.3) is 0 Å². The molecule has 1 amide bonds. The molecule has 0 saturated heterocycles. The molecule has 2 rings (SSSR count). The summed E-state index contributed by atoms with van der Waals surface area (Å²) in [5.74, 6) is -0.569. The van der Waals surface area contributed by atoms with E-state index in [-0.39, 0.29) is 12.3 Å². The Bertz CT molecular complexity index is 475. The van der Waals surface area contributed by atoms with Crippen LogP contribution in [0.15, 0.2) is 23.1 Å². The number of amides is 1. The summed E-state index contributed by atoms with van der Waals surface area (Å²) in [7, 11) is 1.56. The molecule has 5 nitrogen and oxygen atoms in total. The minimum absolute atomic E-state index is 0.187. The molecule has 1 atom stereocenters. The van der Waals surface area contributed by atoms with Crippen LogP contribution >= 0.6 is 11.8 Å². The zero-order valence-electron chi connectivity index (χ0n) is 9.10. The first-order chi connectivity index (χ1) is 8.10. The lowest BCUT2D eigenvalue weighted by molar-refractivity contribution is -0.138. The van der Waals surface area contributed by atoms with E-state index in [2.05, 4.69) is 5.32 Å². The largest absolute Gasteiger partial charge is 0.497 e. The van der Waals surface area contributed by atoms with Crippen molar-refractivity contribution >= 4 is 29.3 Å². The molecule has 0 fully saturated rings. The van der Waals surface area contributed by atoms with Crippen molar-refractivity contribution in [3.63, 3.8) is 0 Å². The van der Waals surface area contributed by atoms with Gasteiger partial charge >= 0.3 is 5.97 Å². The smallest absolute Gasteiger partial charge is 0.305 e. The average molecular weight is 253 g/mol. The lowest BCUT2D eigenvalue weighted by atomic mass is 10.2. The fraction of sp³-hybridized carbons (Fsp3) is 0.273. The normalized spacial score (nSPS) is 18.2. The number of thioether (sulfide) groups is 1. The molecule has 0 aromatic heterocycles. The zero-order valence-corrected chi connectivity index (χ0v) is 9.91. The zero-order chi connectivity index (χ0) is 12.4. The Morgan fingerprint density at radius 3 is 3.00 bits per heavy atom. The lowest BCUT2D eigenvalue weighted by Gasteiger charge is -2.23. The first kappa shape index (κ1) is 11.8. The summed E-state index contributed by atoms with van der Waals surface area (Å²) in [5.41, 5.74) is 0.697. The highest BCUT2D eigenvalue weighted by Crippen LogP contribution is 2.38. The van der Waals surface area contributed by atoms with Crippen LogP contribution in [-0.4, -0.2) is 29.3 Å². The number of carboxylic acid groups (broad SMARTS) is 1. The van der Waals surface area contributed by atoms with Gasteiger partial charge in [0.05, 0.1) is 24.5 Å². The van der Waals surface area contributed by atoms with Gasteiger partial charge in [-0.25, -0.2) is 0 Å². The van der Waals surface area contributed by atoms with E-state index in [1.807, 2.05) is 0 Å². The Labute approximate surface area is 102 Å². The molecule has 1 heterocycles. The number of carboxylic acids is 1. The first-order valence-corrected chi connectivity index (χ1v) is 5.85. The summed E-state index contributed by atoms with van der Waals surface area (Å²) >= 11 is 1.25. The van der Waals surface area contributed by atoms with Crippen LogP contribution in [-0.2, 0) is 9.59 Å². The van der Waals surface area contributed by atoms with Crippen molar-refractivity contribution in [1.29, 1.82) is 0 Å². The second kappa shape index (κ2) is 4.67. The van der Waals surface area contributed by atoms with Gasteiger partial charge in [0, 0.05) is 4.90 Å². The van der Waals surface area contributed by atoms with Crippen LogP contribution in [0.3, 0.4) is 0 Å². The molecular weight excluding hydrogens is 242 g/mol. The van der Waals surface area contributed by atoms with E-state index in [1.54, 1.807) is 25.3 Å². The number of fused-ring (bicyclic) bond motifs is 1. The summed E-state index contributed by atoms with van der Waals surface area (Å²) in [6.45, 7) is 0. The van der Waals surface area contributed by atoms with Gasteiger partial charge in [-0.15, -0.1) is 11.8 Å². The number of rotatable bonds is 3. The van der Waals surface area contributed by atoms with Gasteiger partial charge in [0.2, 0.25) is 5.91 Å². The van der Waals surface area contributed by atoms with E-state index in [0.29, 0.717) is 11.4 Å². The number of nitrogens with one attached hydrogen (secondary N) is 1. The second-order valence-electron chi connectivity index (χ2n) is 3.56. The molecule has 0 aliphatic carbocycles. The van der Waals surface area contributed by atoms with Crippen molar-refractivity contribution < 1.29 is 19.4 Å². The molecule has 1 unspecified atom stereocenters. The van der Waals surface area contributed by atoms with E-state index >= 15 is 0 Å². The Morgan fingerprint density at radius 1 is 1.59 bits per heavy atom. The number of carbonyl (C=O) groups is 2. The van der Waals surface area contributed by atoms with Gasteiger partial charge in [0.1, 0.15) is 5.75 Å². The molecule has 0 spiro atoms. The highest BCUT2D eigenvalue weighted by Gasteiger charge is 2.29. The topological polar surface area (TPSA) is 75.6 Å². The Morgan fingerprint density at radius 2 is 2.35 bits per heavy atom. The molecule has 1 aliphatic rings. The summed E-state index contributed by atoms with van der Waals surface area (Å²) in [6.07, 6.45) is -0.187. The number of methoxy groups -OCH3 is 1. The van der Waals surface area contributed by atoms with Crippen molar-refractivity contribution in [2.75, 3.05) is 12.4 Å². The summed E-state index contributed by atoms with van der Waals surface area (Å²) in [4.78, 5) is 23.1. The van der Waals surface area contributed by atoms with Crippen molar-refractivity contribution in [1.82, 2.24) is 0 Å². The minimum Gasteiger partial charge on any atom is -0.497 e. The third kappa shape index (κ3) is 2.52. The fourth-order valence-electron chi connectivity index (χ4n) is 1.54. The third-order valence-electron chi connectivity index (χ3n) is 2.37. The van der Waals surface area contributed by atoms with Gasteiger partial charge in [-0.05, 0) is 18.2 Å². The van der Waals surface area contributed by atoms with Crippen LogP contribution in [0.4, 0.5) is 5.69 Å². The first-order valence-electron chi connectivity index (χ1n) is 4.97. The molecule has 1 aliphatic heterocycles. The van der Waals surface area contributed by atoms with Crippen molar-refractivity contribution in [2.24, 2.45) is 0 Å². The fourth-order valence-corrected chi connectivity index (χ4v) is 2.67. The number of benzene rings is 1. The number of ether oxygens (including phenoxy) is 1. The highest BCUT2D eigenvalue weighted by molar-refractivity contribution is 8.01. The standard InChI is InChI=1S/C11H11NO4S/c1-16-6-2-3-7-8(4-6)17-9(5-10(13)14)11(15)12-7/h2-4,9H,5H2,1H3,(H,12,15)(H,13,14). The Hall–Kier alpha value is -1.69. The van der Waals surface area contributed by atoms with Crippen molar-refractivity contribution in [2.45, 2.75) is 16.6 Å². The van der Waals surface area contributed by atoms with Gasteiger partial charge in [-0.1, -0.05) is 0 Å². The molecule has 0 saturated carbocycles. The SMILES string of the molecule is COc1ccc2c(c1)SC(CC(=O)O)C(=O)N2. The van der Waals surface area contributed by atoms with Crippen LogP contribution in [0, 0.1) is 0 Å². The molecule has 17 heavy (non-hydrogen) atoms. The summed E-state index contributed by atoms with van der Waals surface area (Å²) in [5, 5.41) is 10.8. The van der Waals surface area contributed by atoms with Crippen molar-refractivity contribution in [3.05, 3.63) is 18.2 Å². The third-order valence-corrected chi connectivity index (χ3v) is 3.63. The molecule has 1 aromatic carbocycles. The summed E-state index contributed by atoms with van der Waals surface area (Å²) in [6, 6.07) is 5.28. The van der Waals surface area contributed by atoms with E-state index in [0.717, 1.165) is 4.90 Å². The number of aliphatic carboxylic acids is 1. The average Bonchev–Trinajstić information content (AvgIpc) is 2.29.